The van der Waals surface area contributed by atoms with Crippen molar-refractivity contribution in [3.63, 3.8) is 0 Å². The number of hydrogen-bond acceptors (Lipinski definition) is 8. The van der Waals surface area contributed by atoms with E-state index in [1.54, 1.807) is 13.8 Å². The molecule has 3 atom stereocenters. The Morgan fingerprint density at radius 3 is 2.46 bits per heavy atom. The number of carbonyl (C=O) groups excluding carboxylic acids is 3. The number of ether oxygens (including phenoxy) is 1. The van der Waals surface area contributed by atoms with E-state index >= 15 is 0 Å². The summed E-state index contributed by atoms with van der Waals surface area (Å²) in [5.41, 5.74) is 0.470. The Bertz CT molecular complexity index is 817. The molecule has 2 fully saturated rings. The van der Waals surface area contributed by atoms with Gasteiger partial charge in [0.25, 0.3) is 5.69 Å². The molecule has 1 N–H and O–H groups in total. The summed E-state index contributed by atoms with van der Waals surface area (Å²) in [5, 5.41) is 23.9. The molecule has 12 heteroatoms. The SMILES string of the molecule is CC1(C)S[C@@H]2C(NC(=O)OCc3ccc([N+](=O)[O-])cc3)C(=O)N2[C@H]1C(=O)[O-].[K+]. The predicted molar refractivity (Wildman–Crippen MR) is 91.3 cm³/mol. The van der Waals surface area contributed by atoms with E-state index in [-0.39, 0.29) is 63.7 Å². The first-order valence-corrected chi connectivity index (χ1v) is 8.87. The minimum atomic E-state index is -1.33. The third-order valence-electron chi connectivity index (χ3n) is 4.45. The Hall–Kier alpha value is -1.18. The average Bonchev–Trinajstić information content (AvgIpc) is 2.86. The quantitative estimate of drug-likeness (QED) is 0.224. The van der Waals surface area contributed by atoms with Crippen molar-refractivity contribution in [2.45, 2.75) is 42.7 Å². The monoisotopic (exact) mass is 433 g/mol. The summed E-state index contributed by atoms with van der Waals surface area (Å²) < 4.78 is 4.29. The number of fused-ring (bicyclic) bond motifs is 1. The maximum Gasteiger partial charge on any atom is 1.00 e. The number of alkyl carbamates (subject to hydrolysis) is 1. The summed E-state index contributed by atoms with van der Waals surface area (Å²) in [6.07, 6.45) is -0.832. The van der Waals surface area contributed by atoms with Gasteiger partial charge in [-0.25, -0.2) is 4.79 Å². The van der Waals surface area contributed by atoms with E-state index < -0.39 is 45.1 Å². The van der Waals surface area contributed by atoms with Crippen molar-refractivity contribution in [2.24, 2.45) is 0 Å². The van der Waals surface area contributed by atoms with Crippen molar-refractivity contribution < 1.29 is 80.5 Å². The molecule has 1 aromatic rings. The molecule has 3 rings (SSSR count). The van der Waals surface area contributed by atoms with Gasteiger partial charge in [0, 0.05) is 16.9 Å². The molecule has 2 aliphatic heterocycles. The third-order valence-corrected chi connectivity index (χ3v) is 6.03. The Morgan fingerprint density at radius 1 is 1.32 bits per heavy atom. The van der Waals surface area contributed by atoms with E-state index in [0.717, 1.165) is 0 Å². The molecule has 0 saturated carbocycles. The molecule has 28 heavy (non-hydrogen) atoms. The van der Waals surface area contributed by atoms with Gasteiger partial charge in [-0.05, 0) is 31.5 Å². The number of hydrogen-bond donors (Lipinski definition) is 1. The van der Waals surface area contributed by atoms with Gasteiger partial charge in [0.05, 0.1) is 16.9 Å². The number of nitrogens with one attached hydrogen (secondary N) is 1. The van der Waals surface area contributed by atoms with Crippen LogP contribution in [0.15, 0.2) is 24.3 Å². The molecule has 1 aromatic carbocycles. The molecule has 0 bridgehead atoms. The van der Waals surface area contributed by atoms with Gasteiger partial charge < -0.3 is 24.9 Å². The van der Waals surface area contributed by atoms with Gasteiger partial charge in [-0.15, -0.1) is 11.8 Å². The van der Waals surface area contributed by atoms with Crippen LogP contribution in [-0.4, -0.2) is 50.0 Å². The molecule has 0 aliphatic carbocycles. The number of benzene rings is 1. The molecule has 2 amide bonds. The van der Waals surface area contributed by atoms with Crippen LogP contribution in [0.25, 0.3) is 0 Å². The summed E-state index contributed by atoms with van der Waals surface area (Å²) in [4.78, 5) is 46.8. The Kier molecular flexibility index (Phi) is 7.15. The number of thioether (sulfide) groups is 1. The van der Waals surface area contributed by atoms with Crippen molar-refractivity contribution in [2.75, 3.05) is 0 Å². The van der Waals surface area contributed by atoms with E-state index in [2.05, 4.69) is 5.32 Å². The van der Waals surface area contributed by atoms with Crippen LogP contribution in [0.5, 0.6) is 0 Å². The van der Waals surface area contributed by atoms with Crippen LogP contribution in [0, 0.1) is 10.1 Å². The molecule has 2 aliphatic rings. The van der Waals surface area contributed by atoms with Crippen LogP contribution in [-0.2, 0) is 20.9 Å². The maximum absolute atomic E-state index is 12.2. The van der Waals surface area contributed by atoms with Crippen LogP contribution in [0.3, 0.4) is 0 Å². The van der Waals surface area contributed by atoms with E-state index in [9.17, 15) is 29.6 Å². The zero-order valence-electron chi connectivity index (χ0n) is 15.4. The van der Waals surface area contributed by atoms with Gasteiger partial charge in [-0.3, -0.25) is 14.9 Å². The molecular weight excluding hydrogens is 417 g/mol. The number of aliphatic carboxylic acids is 1. The maximum atomic E-state index is 12.2. The topological polar surface area (TPSA) is 142 Å². The van der Waals surface area contributed by atoms with Crippen molar-refractivity contribution in [3.05, 3.63) is 39.9 Å². The number of β-lactam (4-membered cyclic amide) rings is 1. The number of rotatable bonds is 5. The fraction of sp³-hybridized carbons (Fsp3) is 0.438. The van der Waals surface area contributed by atoms with Crippen molar-refractivity contribution in [1.82, 2.24) is 10.2 Å². The van der Waals surface area contributed by atoms with Crippen LogP contribution >= 0.6 is 11.8 Å². The number of non-ortho nitro benzene ring substituents is 1. The molecule has 144 valence electrons. The zero-order valence-corrected chi connectivity index (χ0v) is 19.3. The molecule has 1 unspecified atom stereocenters. The molecule has 10 nitrogen and oxygen atoms in total. The number of nitro benzene ring substituents is 1. The van der Waals surface area contributed by atoms with Crippen LogP contribution in [0.4, 0.5) is 10.5 Å². The fourth-order valence-electron chi connectivity index (χ4n) is 3.16. The fourth-order valence-corrected chi connectivity index (χ4v) is 4.78. The molecular formula is C16H16KN3O7S. The summed E-state index contributed by atoms with van der Waals surface area (Å²) in [6.45, 7) is 3.28. The van der Waals surface area contributed by atoms with Gasteiger partial charge in [-0.2, -0.15) is 0 Å². The number of nitrogens with zero attached hydrogens (tertiary/aromatic N) is 2. The van der Waals surface area contributed by atoms with Crippen molar-refractivity contribution >= 4 is 35.4 Å². The molecule has 2 saturated heterocycles. The Morgan fingerprint density at radius 2 is 1.93 bits per heavy atom. The van der Waals surface area contributed by atoms with E-state index in [1.807, 2.05) is 0 Å². The molecule has 0 spiro atoms. The first kappa shape index (κ1) is 23.1. The van der Waals surface area contributed by atoms with Crippen LogP contribution in [0.2, 0.25) is 0 Å². The second-order valence-corrected chi connectivity index (χ2v) is 8.47. The van der Waals surface area contributed by atoms with Gasteiger partial charge >= 0.3 is 57.5 Å². The standard InChI is InChI=1S/C16H17N3O7S.K/c1-16(2)11(14(21)22)18-12(20)10(13(18)27-16)17-15(23)26-7-8-3-5-9(6-4-8)19(24)25;/h3-6,10-11,13H,7H2,1-2H3,(H,17,23)(H,21,22);/q;+1/p-1/t10?,11-,13+;/m0./s1. The summed E-state index contributed by atoms with van der Waals surface area (Å²) in [5.74, 6) is -1.83. The first-order valence-electron chi connectivity index (χ1n) is 7.99. The second kappa shape index (κ2) is 8.67. The molecule has 0 aromatic heterocycles. The smallest absolute Gasteiger partial charge is 0.548 e. The largest absolute Gasteiger partial charge is 1.00 e. The number of amides is 2. The Labute approximate surface area is 206 Å². The van der Waals surface area contributed by atoms with Crippen LogP contribution in [0.1, 0.15) is 19.4 Å². The summed E-state index contributed by atoms with van der Waals surface area (Å²) in [7, 11) is 0. The normalized spacial score (nSPS) is 24.4. The van der Waals surface area contributed by atoms with Gasteiger partial charge in [-0.1, -0.05) is 0 Å². The minimum absolute atomic E-state index is 0. The van der Waals surface area contributed by atoms with Gasteiger partial charge in [0.15, 0.2) is 0 Å². The average molecular weight is 433 g/mol. The first-order chi connectivity index (χ1) is 12.6. The van der Waals surface area contributed by atoms with E-state index in [1.165, 1.54) is 40.9 Å². The Balaban J connectivity index is 0.00000280. The van der Waals surface area contributed by atoms with Gasteiger partial charge in [0.2, 0.25) is 5.91 Å². The number of carboxylic acids is 1. The predicted octanol–water partition coefficient (Wildman–Crippen LogP) is -2.99. The van der Waals surface area contributed by atoms with E-state index in [0.29, 0.717) is 5.56 Å². The number of carboxylic acid groups (broad SMARTS) is 1. The third kappa shape index (κ3) is 4.36. The summed E-state index contributed by atoms with van der Waals surface area (Å²) >= 11 is 1.28. The number of nitro groups is 1. The van der Waals surface area contributed by atoms with Crippen molar-refractivity contribution in [3.8, 4) is 0 Å². The second-order valence-electron chi connectivity index (χ2n) is 6.70. The van der Waals surface area contributed by atoms with Crippen molar-refractivity contribution in [1.29, 1.82) is 0 Å². The van der Waals surface area contributed by atoms with Crippen LogP contribution < -0.4 is 61.8 Å². The summed E-state index contributed by atoms with van der Waals surface area (Å²) in [6, 6.07) is 3.57. The molecule has 0 radical (unpaired) electrons. The minimum Gasteiger partial charge on any atom is -0.548 e. The zero-order chi connectivity index (χ0) is 19.9. The number of carbonyl (C=O) groups is 3. The van der Waals surface area contributed by atoms with E-state index in [4.69, 9.17) is 4.74 Å². The molecule has 2 heterocycles. The van der Waals surface area contributed by atoms with Gasteiger partial charge in [0.1, 0.15) is 18.0 Å².